The van der Waals surface area contributed by atoms with Gasteiger partial charge >= 0.3 is 5.97 Å². The molecule has 0 heterocycles. The summed E-state index contributed by atoms with van der Waals surface area (Å²) in [4.78, 5) is 22.7. The zero-order valence-electron chi connectivity index (χ0n) is 15.7. The van der Waals surface area contributed by atoms with Crippen LogP contribution >= 0.6 is 0 Å². The van der Waals surface area contributed by atoms with E-state index in [0.717, 1.165) is 37.2 Å². The van der Waals surface area contributed by atoms with Crippen molar-refractivity contribution in [3.05, 3.63) is 29.8 Å². The second-order valence-corrected chi connectivity index (χ2v) is 6.39. The summed E-state index contributed by atoms with van der Waals surface area (Å²) in [6.07, 6.45) is 7.51. The third kappa shape index (κ3) is 7.40. The summed E-state index contributed by atoms with van der Waals surface area (Å²) in [5, 5.41) is 11.8. The fraction of sp³-hybridized carbons (Fsp3) is 0.474. The maximum Gasteiger partial charge on any atom is 0.341 e. The van der Waals surface area contributed by atoms with Crippen molar-refractivity contribution in [1.82, 2.24) is 5.32 Å². The molecule has 1 amide bonds. The number of hydrogen-bond acceptors (Lipinski definition) is 4. The summed E-state index contributed by atoms with van der Waals surface area (Å²) in [7, 11) is 1.48. The second-order valence-electron chi connectivity index (χ2n) is 6.39. The second kappa shape index (κ2) is 11.3. The molecule has 6 nitrogen and oxygen atoms in total. The number of rotatable bonds is 7. The normalized spacial score (nSPS) is 19.5. The minimum Gasteiger partial charge on any atom is -0.493 e. The Bertz CT molecular complexity index is 639. The van der Waals surface area contributed by atoms with Gasteiger partial charge in [-0.1, -0.05) is 13.0 Å². The van der Waals surface area contributed by atoms with Crippen LogP contribution in [-0.4, -0.2) is 66.3 Å². The van der Waals surface area contributed by atoms with Crippen LogP contribution in [-0.2, 0) is 9.59 Å². The van der Waals surface area contributed by atoms with Gasteiger partial charge in [0.15, 0.2) is 18.1 Å². The average Bonchev–Trinajstić information content (AvgIpc) is 2.60. The molecule has 2 N–H and O–H groups in total. The first-order valence-corrected chi connectivity index (χ1v) is 8.49. The van der Waals surface area contributed by atoms with E-state index in [1.54, 1.807) is 24.3 Å². The Morgan fingerprint density at radius 3 is 2.54 bits per heavy atom. The molecule has 1 aliphatic carbocycles. The van der Waals surface area contributed by atoms with Crippen LogP contribution in [0.2, 0.25) is 0 Å². The summed E-state index contributed by atoms with van der Waals surface area (Å²) in [6.45, 7) is 1.79. The van der Waals surface area contributed by atoms with Crippen LogP contribution in [0.1, 0.15) is 38.2 Å². The van der Waals surface area contributed by atoms with Gasteiger partial charge in [-0.25, -0.2) is 4.79 Å². The molecule has 1 aliphatic rings. The van der Waals surface area contributed by atoms with Gasteiger partial charge in [0.1, 0.15) is 0 Å². The van der Waals surface area contributed by atoms with Gasteiger partial charge in [-0.15, -0.1) is 0 Å². The number of nitrogens with one attached hydrogen (secondary N) is 1. The van der Waals surface area contributed by atoms with E-state index < -0.39 is 12.6 Å². The fourth-order valence-electron chi connectivity index (χ4n) is 2.87. The molecule has 0 aliphatic heterocycles. The number of hydrogen-bond donors (Lipinski definition) is 2. The van der Waals surface area contributed by atoms with Crippen LogP contribution in [0, 0.1) is 5.92 Å². The molecule has 2 rings (SSSR count). The monoisotopic (exact) mass is 370 g/mol. The molecule has 0 bridgehead atoms. The van der Waals surface area contributed by atoms with Crippen LogP contribution in [0.15, 0.2) is 24.3 Å². The molecule has 1 radical (unpaired) electrons. The molecule has 137 valence electrons. The van der Waals surface area contributed by atoms with E-state index in [0.29, 0.717) is 11.5 Å². The maximum atomic E-state index is 12.1. The van der Waals surface area contributed by atoms with E-state index in [-0.39, 0.29) is 41.5 Å². The predicted molar refractivity (Wildman–Crippen MR) is 100 cm³/mol. The smallest absolute Gasteiger partial charge is 0.341 e. The van der Waals surface area contributed by atoms with Crippen LogP contribution in [0.5, 0.6) is 11.5 Å². The fourth-order valence-corrected chi connectivity index (χ4v) is 2.87. The molecular weight excluding hydrogens is 345 g/mol. The number of carbonyl (C=O) groups is 2. The molecular formula is C19H25NNaO5. The zero-order valence-corrected chi connectivity index (χ0v) is 17.7. The molecule has 1 aromatic rings. The average molecular weight is 370 g/mol. The van der Waals surface area contributed by atoms with Crippen molar-refractivity contribution in [2.75, 3.05) is 13.7 Å². The number of amides is 1. The number of methoxy groups -OCH3 is 1. The van der Waals surface area contributed by atoms with Crippen molar-refractivity contribution >= 4 is 47.5 Å². The molecule has 1 aromatic carbocycles. The van der Waals surface area contributed by atoms with E-state index in [4.69, 9.17) is 14.6 Å². The molecule has 0 unspecified atom stereocenters. The van der Waals surface area contributed by atoms with E-state index in [2.05, 4.69) is 12.2 Å². The summed E-state index contributed by atoms with van der Waals surface area (Å²) >= 11 is 0. The Morgan fingerprint density at radius 2 is 1.92 bits per heavy atom. The van der Waals surface area contributed by atoms with Crippen molar-refractivity contribution in [2.24, 2.45) is 5.92 Å². The molecule has 1 fully saturated rings. The Balaban J connectivity index is 0.00000338. The van der Waals surface area contributed by atoms with Crippen LogP contribution in [0.4, 0.5) is 0 Å². The minimum atomic E-state index is -1.07. The van der Waals surface area contributed by atoms with Crippen LogP contribution < -0.4 is 14.8 Å². The standard InChI is InChI=1S/C19H25NO5.Na/c1-13-3-7-15(8-4-13)20-18(21)10-6-14-5-9-16(24-2)17(11-14)25-12-19(22)23;/h5-6,9-11,13,15H,3-4,7-8,12H2,1-2H3,(H,20,21)(H,22,23);. The summed E-state index contributed by atoms with van der Waals surface area (Å²) in [6, 6.07) is 5.35. The SMILES string of the molecule is COc1ccc(C=CC(=O)NC2CCC(C)CC2)cc1OCC(=O)O.[Na]. The summed E-state index contributed by atoms with van der Waals surface area (Å²) < 4.78 is 10.4. The number of aliphatic carboxylic acids is 1. The topological polar surface area (TPSA) is 84.9 Å². The van der Waals surface area contributed by atoms with Crippen molar-refractivity contribution in [3.8, 4) is 11.5 Å². The van der Waals surface area contributed by atoms with E-state index in [1.165, 1.54) is 13.2 Å². The van der Waals surface area contributed by atoms with Gasteiger partial charge in [0.05, 0.1) is 7.11 Å². The third-order valence-corrected chi connectivity index (χ3v) is 4.33. The van der Waals surface area contributed by atoms with Gasteiger partial charge in [-0.3, -0.25) is 4.79 Å². The Labute approximate surface area is 176 Å². The van der Waals surface area contributed by atoms with Gasteiger partial charge < -0.3 is 19.9 Å². The van der Waals surface area contributed by atoms with Crippen molar-refractivity contribution in [3.63, 3.8) is 0 Å². The Hall–Kier alpha value is -1.50. The maximum absolute atomic E-state index is 12.1. The molecule has 0 aromatic heterocycles. The van der Waals surface area contributed by atoms with Gasteiger partial charge in [-0.2, -0.15) is 0 Å². The minimum absolute atomic E-state index is 0. The first kappa shape index (κ1) is 22.5. The van der Waals surface area contributed by atoms with E-state index in [9.17, 15) is 9.59 Å². The first-order valence-electron chi connectivity index (χ1n) is 8.49. The summed E-state index contributed by atoms with van der Waals surface area (Å²) in [5.74, 6) is 0.327. The quantitative estimate of drug-likeness (QED) is 0.569. The zero-order chi connectivity index (χ0) is 18.2. The van der Waals surface area contributed by atoms with Crippen molar-refractivity contribution in [2.45, 2.75) is 38.6 Å². The van der Waals surface area contributed by atoms with E-state index >= 15 is 0 Å². The first-order chi connectivity index (χ1) is 12.0. The van der Waals surface area contributed by atoms with Gasteiger partial charge in [0.25, 0.3) is 0 Å². The predicted octanol–water partition coefficient (Wildman–Crippen LogP) is 2.49. The number of ether oxygens (including phenoxy) is 2. The Morgan fingerprint density at radius 1 is 1.23 bits per heavy atom. The van der Waals surface area contributed by atoms with Gasteiger partial charge in [0, 0.05) is 41.7 Å². The van der Waals surface area contributed by atoms with Crippen molar-refractivity contribution < 1.29 is 24.2 Å². The molecule has 7 heteroatoms. The van der Waals surface area contributed by atoms with Gasteiger partial charge in [0.2, 0.25) is 5.91 Å². The number of benzene rings is 1. The Kier molecular flexibility index (Phi) is 9.76. The molecule has 0 spiro atoms. The third-order valence-electron chi connectivity index (χ3n) is 4.33. The number of carboxylic acid groups (broad SMARTS) is 1. The largest absolute Gasteiger partial charge is 0.493 e. The van der Waals surface area contributed by atoms with Crippen LogP contribution in [0.25, 0.3) is 6.08 Å². The molecule has 1 saturated carbocycles. The van der Waals surface area contributed by atoms with Crippen molar-refractivity contribution in [1.29, 1.82) is 0 Å². The van der Waals surface area contributed by atoms with Gasteiger partial charge in [-0.05, 0) is 55.4 Å². The van der Waals surface area contributed by atoms with E-state index in [1.807, 2.05) is 0 Å². The molecule has 0 atom stereocenters. The summed E-state index contributed by atoms with van der Waals surface area (Å²) in [5.41, 5.74) is 0.730. The number of carbonyl (C=O) groups excluding carboxylic acids is 1. The molecule has 26 heavy (non-hydrogen) atoms. The van der Waals surface area contributed by atoms with Crippen LogP contribution in [0.3, 0.4) is 0 Å². The molecule has 0 saturated heterocycles. The number of carboxylic acids is 1.